The van der Waals surface area contributed by atoms with Gasteiger partial charge in [-0.25, -0.2) is 14.4 Å². The minimum absolute atomic E-state index is 0.325. The fraction of sp³-hybridized carbons (Fsp3) is 0. The number of halogens is 2. The van der Waals surface area contributed by atoms with Crippen molar-refractivity contribution in [2.45, 2.75) is 0 Å². The number of hydrogen-bond acceptors (Lipinski definition) is 2. The summed E-state index contributed by atoms with van der Waals surface area (Å²) in [5.41, 5.74) is 1.24. The van der Waals surface area contributed by atoms with Crippen molar-refractivity contribution >= 4 is 22.6 Å². The molecule has 0 saturated carbocycles. The molecule has 0 unspecified atom stereocenters. The van der Waals surface area contributed by atoms with Gasteiger partial charge in [0.2, 0.25) is 0 Å². The lowest BCUT2D eigenvalue weighted by molar-refractivity contribution is 0.628. The molecule has 0 amide bonds. The number of fused-ring (bicyclic) bond motifs is 1. The molecule has 0 aliphatic rings. The fourth-order valence-electron chi connectivity index (χ4n) is 1.66. The van der Waals surface area contributed by atoms with Crippen LogP contribution in [-0.4, -0.2) is 15.0 Å². The first-order chi connectivity index (χ1) is 8.24. The van der Waals surface area contributed by atoms with Crippen molar-refractivity contribution in [1.82, 2.24) is 15.0 Å². The highest BCUT2D eigenvalue weighted by Gasteiger charge is 2.08. The van der Waals surface area contributed by atoms with E-state index in [0.29, 0.717) is 22.2 Å². The maximum absolute atomic E-state index is 13.1. The molecule has 0 radical (unpaired) electrons. The number of nitrogens with one attached hydrogen (secondary N) is 1. The Bertz CT molecular complexity index is 693. The van der Waals surface area contributed by atoms with Crippen molar-refractivity contribution in [3.8, 4) is 11.4 Å². The van der Waals surface area contributed by atoms with Crippen LogP contribution >= 0.6 is 11.6 Å². The molecule has 0 saturated heterocycles. The predicted molar refractivity (Wildman–Crippen MR) is 64.3 cm³/mol. The first kappa shape index (κ1) is 10.2. The van der Waals surface area contributed by atoms with Crippen molar-refractivity contribution in [3.63, 3.8) is 0 Å². The van der Waals surface area contributed by atoms with Crippen LogP contribution < -0.4 is 0 Å². The Labute approximate surface area is 101 Å². The van der Waals surface area contributed by atoms with E-state index < -0.39 is 0 Å². The number of benzene rings is 1. The summed E-state index contributed by atoms with van der Waals surface area (Å²) in [5.74, 6) is 0.0817. The van der Waals surface area contributed by atoms with Crippen LogP contribution in [0.25, 0.3) is 22.4 Å². The molecular weight excluding hydrogens is 241 g/mol. The van der Waals surface area contributed by atoms with E-state index in [4.69, 9.17) is 11.6 Å². The highest BCUT2D eigenvalue weighted by Crippen LogP contribution is 2.24. The molecule has 1 aromatic carbocycles. The van der Waals surface area contributed by atoms with Gasteiger partial charge in [-0.1, -0.05) is 23.7 Å². The van der Waals surface area contributed by atoms with E-state index in [9.17, 15) is 4.39 Å². The SMILES string of the molecule is Fc1cccc(-c2nc(Cl)c3cc[nH]c3n2)c1. The smallest absolute Gasteiger partial charge is 0.163 e. The Balaban J connectivity index is 2.23. The van der Waals surface area contributed by atoms with Gasteiger partial charge in [-0.3, -0.25) is 0 Å². The van der Waals surface area contributed by atoms with Crippen molar-refractivity contribution < 1.29 is 4.39 Å². The molecule has 1 N–H and O–H groups in total. The van der Waals surface area contributed by atoms with Crippen molar-refractivity contribution in [2.75, 3.05) is 0 Å². The third-order valence-corrected chi connectivity index (χ3v) is 2.74. The van der Waals surface area contributed by atoms with Crippen molar-refractivity contribution in [2.24, 2.45) is 0 Å². The van der Waals surface area contributed by atoms with Crippen molar-refractivity contribution in [3.05, 3.63) is 47.5 Å². The molecular formula is C12H7ClFN3. The molecule has 3 aromatic rings. The van der Waals surface area contributed by atoms with Crippen LogP contribution in [0.5, 0.6) is 0 Å². The Morgan fingerprint density at radius 2 is 2.06 bits per heavy atom. The third kappa shape index (κ3) is 1.76. The highest BCUT2D eigenvalue weighted by atomic mass is 35.5. The average molecular weight is 248 g/mol. The second-order valence-corrected chi connectivity index (χ2v) is 3.95. The number of aromatic nitrogens is 3. The average Bonchev–Trinajstić information content (AvgIpc) is 2.77. The van der Waals surface area contributed by atoms with Crippen LogP contribution in [0, 0.1) is 5.82 Å². The van der Waals surface area contributed by atoms with Gasteiger partial charge < -0.3 is 4.98 Å². The maximum Gasteiger partial charge on any atom is 0.163 e. The van der Waals surface area contributed by atoms with Crippen LogP contribution in [0.2, 0.25) is 5.15 Å². The Morgan fingerprint density at radius 1 is 1.18 bits per heavy atom. The Morgan fingerprint density at radius 3 is 2.88 bits per heavy atom. The number of nitrogens with zero attached hydrogens (tertiary/aromatic N) is 2. The van der Waals surface area contributed by atoms with E-state index in [1.54, 1.807) is 24.4 Å². The lowest BCUT2D eigenvalue weighted by Crippen LogP contribution is -1.91. The van der Waals surface area contributed by atoms with Crippen LogP contribution in [0.4, 0.5) is 4.39 Å². The topological polar surface area (TPSA) is 41.6 Å². The quantitative estimate of drug-likeness (QED) is 0.670. The maximum atomic E-state index is 13.1. The molecule has 5 heteroatoms. The standard InChI is InChI=1S/C12H7ClFN3/c13-10-9-4-5-15-12(9)17-11(16-10)7-2-1-3-8(14)6-7/h1-6H,(H,15,16,17). The summed E-state index contributed by atoms with van der Waals surface area (Å²) in [7, 11) is 0. The van der Waals surface area contributed by atoms with E-state index in [1.165, 1.54) is 12.1 Å². The lowest BCUT2D eigenvalue weighted by Gasteiger charge is -2.01. The number of aromatic amines is 1. The number of rotatable bonds is 1. The zero-order valence-electron chi connectivity index (χ0n) is 8.61. The van der Waals surface area contributed by atoms with Crippen LogP contribution in [-0.2, 0) is 0 Å². The van der Waals surface area contributed by atoms with Crippen LogP contribution in [0.1, 0.15) is 0 Å². The molecule has 2 heterocycles. The molecule has 0 fully saturated rings. The van der Waals surface area contributed by atoms with Crippen LogP contribution in [0.3, 0.4) is 0 Å². The molecule has 0 aliphatic carbocycles. The number of H-pyrrole nitrogens is 1. The van der Waals surface area contributed by atoms with Gasteiger partial charge in [0, 0.05) is 11.8 Å². The molecule has 3 rings (SSSR count). The fourth-order valence-corrected chi connectivity index (χ4v) is 1.89. The first-order valence-corrected chi connectivity index (χ1v) is 5.38. The zero-order chi connectivity index (χ0) is 11.8. The van der Waals surface area contributed by atoms with Crippen molar-refractivity contribution in [1.29, 1.82) is 0 Å². The zero-order valence-corrected chi connectivity index (χ0v) is 9.37. The Kier molecular flexibility index (Phi) is 2.30. The van der Waals surface area contributed by atoms with Gasteiger partial charge in [0.05, 0.1) is 5.39 Å². The van der Waals surface area contributed by atoms with Gasteiger partial charge in [0.1, 0.15) is 16.6 Å². The highest BCUT2D eigenvalue weighted by molar-refractivity contribution is 6.34. The molecule has 84 valence electrons. The molecule has 2 aromatic heterocycles. The first-order valence-electron chi connectivity index (χ1n) is 5.00. The summed E-state index contributed by atoms with van der Waals surface area (Å²) < 4.78 is 13.1. The van der Waals surface area contributed by atoms with Gasteiger partial charge >= 0.3 is 0 Å². The van der Waals surface area contributed by atoms with E-state index in [-0.39, 0.29) is 5.82 Å². The Hall–Kier alpha value is -1.94. The van der Waals surface area contributed by atoms with Crippen LogP contribution in [0.15, 0.2) is 36.5 Å². The second kappa shape index (κ2) is 3.82. The summed E-state index contributed by atoms with van der Waals surface area (Å²) in [6.45, 7) is 0. The molecule has 0 spiro atoms. The summed E-state index contributed by atoms with van der Waals surface area (Å²) >= 11 is 6.03. The summed E-state index contributed by atoms with van der Waals surface area (Å²) in [6.07, 6.45) is 1.74. The summed E-state index contributed by atoms with van der Waals surface area (Å²) in [4.78, 5) is 11.4. The molecule has 17 heavy (non-hydrogen) atoms. The van der Waals surface area contributed by atoms with E-state index in [1.807, 2.05) is 0 Å². The number of hydrogen-bond donors (Lipinski definition) is 1. The largest absolute Gasteiger partial charge is 0.346 e. The lowest BCUT2D eigenvalue weighted by atomic mass is 10.2. The summed E-state index contributed by atoms with van der Waals surface area (Å²) in [6, 6.07) is 7.90. The predicted octanol–water partition coefficient (Wildman–Crippen LogP) is 3.42. The molecule has 0 bridgehead atoms. The van der Waals surface area contributed by atoms with E-state index >= 15 is 0 Å². The van der Waals surface area contributed by atoms with Gasteiger partial charge in [-0.15, -0.1) is 0 Å². The third-order valence-electron chi connectivity index (χ3n) is 2.45. The molecule has 0 aliphatic heterocycles. The van der Waals surface area contributed by atoms with E-state index in [0.717, 1.165) is 5.39 Å². The van der Waals surface area contributed by atoms with E-state index in [2.05, 4.69) is 15.0 Å². The second-order valence-electron chi connectivity index (χ2n) is 3.59. The monoisotopic (exact) mass is 247 g/mol. The van der Waals surface area contributed by atoms with Gasteiger partial charge in [-0.2, -0.15) is 0 Å². The molecule has 3 nitrogen and oxygen atoms in total. The molecule has 0 atom stereocenters. The van der Waals surface area contributed by atoms with Gasteiger partial charge in [0.15, 0.2) is 5.82 Å². The van der Waals surface area contributed by atoms with Gasteiger partial charge in [-0.05, 0) is 18.2 Å². The minimum Gasteiger partial charge on any atom is -0.346 e. The van der Waals surface area contributed by atoms with Gasteiger partial charge in [0.25, 0.3) is 0 Å². The summed E-state index contributed by atoms with van der Waals surface area (Å²) in [5, 5.41) is 1.11. The minimum atomic E-state index is -0.325. The normalized spacial score (nSPS) is 10.9.